The molecule has 2 fully saturated rings. The lowest BCUT2D eigenvalue weighted by atomic mass is 10.2. The van der Waals surface area contributed by atoms with Gasteiger partial charge >= 0.3 is 0 Å². The highest BCUT2D eigenvalue weighted by Crippen LogP contribution is 2.27. The van der Waals surface area contributed by atoms with E-state index in [1.54, 1.807) is 4.90 Å². The third-order valence-corrected chi connectivity index (χ3v) is 3.97. The molecule has 0 saturated carbocycles. The molecule has 2 heterocycles. The Balaban J connectivity index is 1.74. The van der Waals surface area contributed by atoms with Crippen LogP contribution in [0.25, 0.3) is 0 Å². The Hall–Kier alpha value is -2.13. The smallest absolute Gasteiger partial charge is 0.235 e. The normalized spacial score (nSPS) is 22.2. The first-order valence-corrected chi connectivity index (χ1v) is 7.00. The lowest BCUT2D eigenvalue weighted by molar-refractivity contribution is -0.117. The summed E-state index contributed by atoms with van der Waals surface area (Å²) in [5.74, 6) is 0.0166. The van der Waals surface area contributed by atoms with Gasteiger partial charge in [0.25, 0.3) is 0 Å². The van der Waals surface area contributed by atoms with Gasteiger partial charge in [-0.15, -0.1) is 0 Å². The maximum Gasteiger partial charge on any atom is 0.235 e. The van der Waals surface area contributed by atoms with E-state index in [0.29, 0.717) is 13.0 Å². The zero-order chi connectivity index (χ0) is 13.9. The number of hydrogen-bond acceptors (Lipinski definition) is 4. The van der Waals surface area contributed by atoms with Crippen molar-refractivity contribution in [3.8, 4) is 0 Å². The highest BCUT2D eigenvalue weighted by molar-refractivity contribution is 5.96. The minimum atomic E-state index is -0.252. The summed E-state index contributed by atoms with van der Waals surface area (Å²) in [4.78, 5) is 29.9. The van der Waals surface area contributed by atoms with Crippen molar-refractivity contribution >= 4 is 23.4 Å². The number of hydrogen-bond donors (Lipinski definition) is 0. The Morgan fingerprint density at radius 2 is 1.75 bits per heavy atom. The predicted molar refractivity (Wildman–Crippen MR) is 76.8 cm³/mol. The number of rotatable bonds is 3. The van der Waals surface area contributed by atoms with Crippen molar-refractivity contribution in [3.63, 3.8) is 0 Å². The predicted octanol–water partition coefficient (Wildman–Crippen LogP) is 1.73. The molecule has 2 aliphatic rings. The van der Waals surface area contributed by atoms with Crippen molar-refractivity contribution in [1.29, 1.82) is 0 Å². The standard InChI is InChI=1S/C15H17N3O2/c19-11-16-12-9-15(20)18(10-12)14-5-3-13(4-6-14)17-7-1-2-8-17/h3-6,12H,1-2,7-10H2. The van der Waals surface area contributed by atoms with Crippen LogP contribution in [0.2, 0.25) is 0 Å². The fourth-order valence-corrected chi connectivity index (χ4v) is 2.92. The molecule has 1 aromatic carbocycles. The Morgan fingerprint density at radius 3 is 2.40 bits per heavy atom. The Kier molecular flexibility index (Phi) is 3.52. The molecule has 2 aliphatic heterocycles. The van der Waals surface area contributed by atoms with Gasteiger partial charge in [-0.2, -0.15) is 0 Å². The molecule has 0 radical (unpaired) electrons. The summed E-state index contributed by atoms with van der Waals surface area (Å²) in [6, 6.07) is 7.81. The second-order valence-corrected chi connectivity index (χ2v) is 5.29. The van der Waals surface area contributed by atoms with Crippen LogP contribution in [-0.4, -0.2) is 37.7 Å². The first-order chi connectivity index (χ1) is 9.78. The van der Waals surface area contributed by atoms with Crippen LogP contribution < -0.4 is 9.80 Å². The summed E-state index contributed by atoms with van der Waals surface area (Å²) in [6.07, 6.45) is 4.33. The number of nitrogens with zero attached hydrogens (tertiary/aromatic N) is 3. The zero-order valence-electron chi connectivity index (χ0n) is 11.3. The van der Waals surface area contributed by atoms with Crippen molar-refractivity contribution in [2.75, 3.05) is 29.4 Å². The fraction of sp³-hybridized carbons (Fsp3) is 0.467. The summed E-state index contributed by atoms with van der Waals surface area (Å²) in [5.41, 5.74) is 2.09. The minimum Gasteiger partial charge on any atom is -0.372 e. The topological polar surface area (TPSA) is 53.0 Å². The van der Waals surface area contributed by atoms with Crippen molar-refractivity contribution in [2.24, 2.45) is 4.99 Å². The van der Waals surface area contributed by atoms with Crippen molar-refractivity contribution in [3.05, 3.63) is 24.3 Å². The van der Waals surface area contributed by atoms with E-state index < -0.39 is 0 Å². The average Bonchev–Trinajstić information content (AvgIpc) is 3.09. The van der Waals surface area contributed by atoms with E-state index in [1.165, 1.54) is 24.6 Å². The first kappa shape index (κ1) is 12.9. The van der Waals surface area contributed by atoms with E-state index in [0.717, 1.165) is 18.8 Å². The lowest BCUT2D eigenvalue weighted by Gasteiger charge is -2.20. The van der Waals surface area contributed by atoms with Crippen LogP contribution in [0.1, 0.15) is 19.3 Å². The monoisotopic (exact) mass is 271 g/mol. The maximum atomic E-state index is 11.9. The largest absolute Gasteiger partial charge is 0.372 e. The SMILES string of the molecule is O=C=NC1CC(=O)N(c2ccc(N3CCCC3)cc2)C1. The van der Waals surface area contributed by atoms with Gasteiger partial charge in [0.2, 0.25) is 12.0 Å². The molecule has 20 heavy (non-hydrogen) atoms. The number of benzene rings is 1. The summed E-state index contributed by atoms with van der Waals surface area (Å²) < 4.78 is 0. The highest BCUT2D eigenvalue weighted by Gasteiger charge is 2.30. The number of isocyanates is 1. The fourth-order valence-electron chi connectivity index (χ4n) is 2.92. The van der Waals surface area contributed by atoms with Gasteiger partial charge in [-0.1, -0.05) is 0 Å². The third-order valence-electron chi connectivity index (χ3n) is 3.97. The van der Waals surface area contributed by atoms with E-state index in [9.17, 15) is 9.59 Å². The number of carbonyl (C=O) groups is 1. The molecule has 1 amide bonds. The third kappa shape index (κ3) is 2.45. The minimum absolute atomic E-state index is 0.0166. The van der Waals surface area contributed by atoms with Gasteiger partial charge in [-0.25, -0.2) is 9.79 Å². The summed E-state index contributed by atoms with van der Waals surface area (Å²) in [5, 5.41) is 0. The number of carbonyl (C=O) groups excluding carboxylic acids is 2. The van der Waals surface area contributed by atoms with Gasteiger partial charge in [-0.05, 0) is 37.1 Å². The average molecular weight is 271 g/mol. The van der Waals surface area contributed by atoms with Gasteiger partial charge < -0.3 is 9.80 Å². The van der Waals surface area contributed by atoms with Gasteiger partial charge in [0.15, 0.2) is 0 Å². The highest BCUT2D eigenvalue weighted by atomic mass is 16.2. The molecule has 3 rings (SSSR count). The van der Waals surface area contributed by atoms with Gasteiger partial charge in [-0.3, -0.25) is 4.79 Å². The van der Waals surface area contributed by atoms with E-state index in [-0.39, 0.29) is 11.9 Å². The second-order valence-electron chi connectivity index (χ2n) is 5.29. The van der Waals surface area contributed by atoms with Crippen LogP contribution in [-0.2, 0) is 9.59 Å². The Morgan fingerprint density at radius 1 is 1.10 bits per heavy atom. The van der Waals surface area contributed by atoms with Crippen LogP contribution >= 0.6 is 0 Å². The van der Waals surface area contributed by atoms with E-state index in [2.05, 4.69) is 22.0 Å². The van der Waals surface area contributed by atoms with Crippen LogP contribution in [0.3, 0.4) is 0 Å². The molecule has 2 saturated heterocycles. The molecule has 5 nitrogen and oxygen atoms in total. The molecule has 0 aromatic heterocycles. The number of amides is 1. The molecule has 104 valence electrons. The molecule has 1 atom stereocenters. The number of anilines is 2. The molecule has 1 aromatic rings. The van der Waals surface area contributed by atoms with E-state index in [1.807, 2.05) is 12.1 Å². The van der Waals surface area contributed by atoms with Crippen LogP contribution in [0.5, 0.6) is 0 Å². The summed E-state index contributed by atoms with van der Waals surface area (Å²) in [6.45, 7) is 2.69. The first-order valence-electron chi connectivity index (χ1n) is 7.00. The zero-order valence-corrected chi connectivity index (χ0v) is 11.3. The molecule has 0 bridgehead atoms. The number of aliphatic imine (C=N–C) groups is 1. The van der Waals surface area contributed by atoms with Crippen LogP contribution in [0, 0.1) is 0 Å². The van der Waals surface area contributed by atoms with Crippen LogP contribution in [0.4, 0.5) is 11.4 Å². The van der Waals surface area contributed by atoms with Gasteiger partial charge in [0.1, 0.15) is 0 Å². The van der Waals surface area contributed by atoms with Crippen molar-refractivity contribution in [1.82, 2.24) is 0 Å². The summed E-state index contributed by atoms with van der Waals surface area (Å²) >= 11 is 0. The maximum absolute atomic E-state index is 11.9. The quantitative estimate of drug-likeness (QED) is 0.621. The van der Waals surface area contributed by atoms with Crippen LogP contribution in [0.15, 0.2) is 29.3 Å². The molecular formula is C15H17N3O2. The Bertz CT molecular complexity index is 543. The summed E-state index contributed by atoms with van der Waals surface area (Å²) in [7, 11) is 0. The van der Waals surface area contributed by atoms with Crippen molar-refractivity contribution < 1.29 is 9.59 Å². The Labute approximate surface area is 117 Å². The van der Waals surface area contributed by atoms with E-state index >= 15 is 0 Å². The molecule has 5 heteroatoms. The second kappa shape index (κ2) is 5.47. The van der Waals surface area contributed by atoms with E-state index in [4.69, 9.17) is 0 Å². The van der Waals surface area contributed by atoms with Gasteiger partial charge in [0.05, 0.1) is 12.5 Å². The molecule has 0 N–H and O–H groups in total. The lowest BCUT2D eigenvalue weighted by Crippen LogP contribution is -2.25. The van der Waals surface area contributed by atoms with Gasteiger partial charge in [0, 0.05) is 31.0 Å². The molecular weight excluding hydrogens is 254 g/mol. The molecule has 0 aliphatic carbocycles. The molecule has 0 spiro atoms. The van der Waals surface area contributed by atoms with Crippen molar-refractivity contribution in [2.45, 2.75) is 25.3 Å². The molecule has 1 unspecified atom stereocenters.